The first-order valence-electron chi connectivity index (χ1n) is 6.32. The average Bonchev–Trinajstić information content (AvgIpc) is 2.38. The fourth-order valence-corrected chi connectivity index (χ4v) is 2.69. The SMILES string of the molecule is CCNC1(C(N)=O)CCc2ccc(OC)cc2C1. The van der Waals surface area contributed by atoms with Gasteiger partial charge in [-0.15, -0.1) is 0 Å². The van der Waals surface area contributed by atoms with Crippen molar-refractivity contribution in [1.82, 2.24) is 5.32 Å². The Kier molecular flexibility index (Phi) is 3.57. The molecule has 1 aromatic rings. The van der Waals surface area contributed by atoms with Crippen molar-refractivity contribution in [3.05, 3.63) is 29.3 Å². The highest BCUT2D eigenvalue weighted by Gasteiger charge is 2.39. The molecule has 0 saturated carbocycles. The molecule has 4 nitrogen and oxygen atoms in total. The molecule has 1 aliphatic carbocycles. The van der Waals surface area contributed by atoms with Gasteiger partial charge in [-0.2, -0.15) is 0 Å². The van der Waals surface area contributed by atoms with Gasteiger partial charge >= 0.3 is 0 Å². The normalized spacial score (nSPS) is 22.3. The summed E-state index contributed by atoms with van der Waals surface area (Å²) in [6.45, 7) is 2.73. The fraction of sp³-hybridized carbons (Fsp3) is 0.500. The van der Waals surface area contributed by atoms with Gasteiger partial charge in [0.2, 0.25) is 5.91 Å². The standard InChI is InChI=1S/C14H20N2O2/c1-3-16-14(13(15)17)7-6-10-4-5-12(18-2)8-11(10)9-14/h4-5,8,16H,3,6-7,9H2,1-2H3,(H2,15,17). The number of benzene rings is 1. The molecular weight excluding hydrogens is 228 g/mol. The fourth-order valence-electron chi connectivity index (χ4n) is 2.69. The Morgan fingerprint density at radius 3 is 2.89 bits per heavy atom. The molecule has 1 atom stereocenters. The molecule has 0 spiro atoms. The zero-order valence-electron chi connectivity index (χ0n) is 11.0. The molecule has 0 aliphatic heterocycles. The lowest BCUT2D eigenvalue weighted by molar-refractivity contribution is -0.124. The second kappa shape index (κ2) is 4.98. The Hall–Kier alpha value is -1.55. The van der Waals surface area contributed by atoms with Crippen molar-refractivity contribution in [3.63, 3.8) is 0 Å². The van der Waals surface area contributed by atoms with Gasteiger partial charge < -0.3 is 15.8 Å². The minimum atomic E-state index is -0.603. The largest absolute Gasteiger partial charge is 0.497 e. The predicted octanol–water partition coefficient (Wildman–Crippen LogP) is 1.02. The van der Waals surface area contributed by atoms with Gasteiger partial charge in [0.25, 0.3) is 0 Å². The number of hydrogen-bond acceptors (Lipinski definition) is 3. The predicted molar refractivity (Wildman–Crippen MR) is 70.6 cm³/mol. The number of rotatable bonds is 4. The summed E-state index contributed by atoms with van der Waals surface area (Å²) in [5, 5.41) is 3.26. The lowest BCUT2D eigenvalue weighted by Gasteiger charge is -2.36. The maximum Gasteiger partial charge on any atom is 0.238 e. The summed E-state index contributed by atoms with van der Waals surface area (Å²) < 4.78 is 5.23. The lowest BCUT2D eigenvalue weighted by atomic mass is 9.77. The zero-order chi connectivity index (χ0) is 13.2. The monoisotopic (exact) mass is 248 g/mol. The molecule has 0 aromatic heterocycles. The summed E-state index contributed by atoms with van der Waals surface area (Å²) in [6.07, 6.45) is 2.27. The smallest absolute Gasteiger partial charge is 0.238 e. The minimum absolute atomic E-state index is 0.266. The molecule has 18 heavy (non-hydrogen) atoms. The van der Waals surface area contributed by atoms with E-state index in [1.54, 1.807) is 7.11 Å². The average molecular weight is 248 g/mol. The van der Waals surface area contributed by atoms with Crippen LogP contribution >= 0.6 is 0 Å². The summed E-state index contributed by atoms with van der Waals surface area (Å²) >= 11 is 0. The number of amides is 1. The number of nitrogens with one attached hydrogen (secondary N) is 1. The second-order valence-corrected chi connectivity index (χ2v) is 4.79. The van der Waals surface area contributed by atoms with Crippen LogP contribution in [0.1, 0.15) is 24.5 Å². The van der Waals surface area contributed by atoms with Crippen molar-refractivity contribution in [2.75, 3.05) is 13.7 Å². The van der Waals surface area contributed by atoms with Crippen LogP contribution in [-0.4, -0.2) is 25.1 Å². The van der Waals surface area contributed by atoms with Gasteiger partial charge in [-0.1, -0.05) is 13.0 Å². The molecule has 1 aliphatic rings. The van der Waals surface area contributed by atoms with Crippen molar-refractivity contribution >= 4 is 5.91 Å². The number of carbonyl (C=O) groups excluding carboxylic acids is 1. The highest BCUT2D eigenvalue weighted by molar-refractivity contribution is 5.85. The summed E-state index contributed by atoms with van der Waals surface area (Å²) in [7, 11) is 1.65. The van der Waals surface area contributed by atoms with Crippen LogP contribution in [0.5, 0.6) is 5.75 Å². The third-order valence-electron chi connectivity index (χ3n) is 3.71. The number of nitrogens with two attached hydrogens (primary N) is 1. The van der Waals surface area contributed by atoms with E-state index in [4.69, 9.17) is 10.5 Å². The molecule has 1 aromatic carbocycles. The maximum absolute atomic E-state index is 11.8. The Labute approximate surface area is 108 Å². The third kappa shape index (κ3) is 2.20. The highest BCUT2D eigenvalue weighted by atomic mass is 16.5. The van der Waals surface area contributed by atoms with E-state index in [-0.39, 0.29) is 5.91 Å². The van der Waals surface area contributed by atoms with Gasteiger partial charge in [-0.3, -0.25) is 4.79 Å². The molecule has 0 fully saturated rings. The zero-order valence-corrected chi connectivity index (χ0v) is 11.0. The number of carbonyl (C=O) groups is 1. The van der Waals surface area contributed by atoms with E-state index in [0.29, 0.717) is 6.42 Å². The first-order chi connectivity index (χ1) is 8.61. The van der Waals surface area contributed by atoms with Gasteiger partial charge in [0.05, 0.1) is 7.11 Å². The number of primary amides is 1. The van der Waals surface area contributed by atoms with Gasteiger partial charge in [-0.05, 0) is 49.1 Å². The van der Waals surface area contributed by atoms with Crippen molar-refractivity contribution in [3.8, 4) is 5.75 Å². The van der Waals surface area contributed by atoms with E-state index >= 15 is 0 Å². The van der Waals surface area contributed by atoms with E-state index < -0.39 is 5.54 Å². The number of likely N-dealkylation sites (N-methyl/N-ethyl adjacent to an activating group) is 1. The molecule has 0 radical (unpaired) electrons. The Bertz CT molecular complexity index is 459. The number of hydrogen-bond donors (Lipinski definition) is 2. The molecule has 0 bridgehead atoms. The molecular formula is C14H20N2O2. The van der Waals surface area contributed by atoms with Crippen LogP contribution in [0, 0.1) is 0 Å². The van der Waals surface area contributed by atoms with Crippen LogP contribution in [0.4, 0.5) is 0 Å². The lowest BCUT2D eigenvalue weighted by Crippen LogP contribution is -2.58. The first kappa shape index (κ1) is 12.9. The van der Waals surface area contributed by atoms with Crippen LogP contribution < -0.4 is 15.8 Å². The molecule has 4 heteroatoms. The Morgan fingerprint density at radius 1 is 1.50 bits per heavy atom. The minimum Gasteiger partial charge on any atom is -0.497 e. The highest BCUT2D eigenvalue weighted by Crippen LogP contribution is 2.31. The van der Waals surface area contributed by atoms with E-state index in [0.717, 1.165) is 30.7 Å². The van der Waals surface area contributed by atoms with Gasteiger partial charge in [0, 0.05) is 0 Å². The quantitative estimate of drug-likeness (QED) is 0.836. The Morgan fingerprint density at radius 2 is 2.28 bits per heavy atom. The van der Waals surface area contributed by atoms with E-state index in [2.05, 4.69) is 11.4 Å². The first-order valence-corrected chi connectivity index (χ1v) is 6.32. The number of ether oxygens (including phenoxy) is 1. The van der Waals surface area contributed by atoms with Crippen LogP contribution in [0.3, 0.4) is 0 Å². The molecule has 1 unspecified atom stereocenters. The second-order valence-electron chi connectivity index (χ2n) is 4.79. The van der Waals surface area contributed by atoms with E-state index in [1.807, 2.05) is 19.1 Å². The molecule has 0 heterocycles. The van der Waals surface area contributed by atoms with Crippen LogP contribution in [0.15, 0.2) is 18.2 Å². The summed E-state index contributed by atoms with van der Waals surface area (Å²) in [5.74, 6) is 0.559. The molecule has 3 N–H and O–H groups in total. The summed E-state index contributed by atoms with van der Waals surface area (Å²) in [6, 6.07) is 6.04. The molecule has 98 valence electrons. The van der Waals surface area contributed by atoms with Crippen molar-refractivity contribution in [2.45, 2.75) is 31.7 Å². The number of fused-ring (bicyclic) bond motifs is 1. The van der Waals surface area contributed by atoms with Crippen molar-refractivity contribution in [2.24, 2.45) is 5.73 Å². The van der Waals surface area contributed by atoms with Crippen LogP contribution in [0.2, 0.25) is 0 Å². The van der Waals surface area contributed by atoms with Gasteiger partial charge in [0.15, 0.2) is 0 Å². The molecule has 0 saturated heterocycles. The van der Waals surface area contributed by atoms with Crippen molar-refractivity contribution < 1.29 is 9.53 Å². The van der Waals surface area contributed by atoms with Crippen LogP contribution in [-0.2, 0) is 17.6 Å². The van der Waals surface area contributed by atoms with E-state index in [9.17, 15) is 4.79 Å². The summed E-state index contributed by atoms with van der Waals surface area (Å²) in [5.41, 5.74) is 7.42. The molecule has 2 rings (SSSR count). The van der Waals surface area contributed by atoms with E-state index in [1.165, 1.54) is 5.56 Å². The molecule has 1 amide bonds. The summed E-state index contributed by atoms with van der Waals surface area (Å²) in [4.78, 5) is 11.8. The van der Waals surface area contributed by atoms with Gasteiger partial charge in [-0.25, -0.2) is 0 Å². The Balaban J connectivity index is 2.34. The number of methoxy groups -OCH3 is 1. The van der Waals surface area contributed by atoms with Gasteiger partial charge in [0.1, 0.15) is 11.3 Å². The maximum atomic E-state index is 11.8. The van der Waals surface area contributed by atoms with Crippen LogP contribution in [0.25, 0.3) is 0 Å². The number of aryl methyl sites for hydroxylation is 1. The third-order valence-corrected chi connectivity index (χ3v) is 3.71. The van der Waals surface area contributed by atoms with Crippen molar-refractivity contribution in [1.29, 1.82) is 0 Å². The topological polar surface area (TPSA) is 64.3 Å².